The first kappa shape index (κ1) is 31.5. The van der Waals surface area contributed by atoms with Crippen LogP contribution in [0.2, 0.25) is 0 Å². The molecule has 0 spiro atoms. The highest BCUT2D eigenvalue weighted by Gasteiger charge is 2.34. The number of halogens is 2. The van der Waals surface area contributed by atoms with Crippen molar-refractivity contribution in [3.63, 3.8) is 0 Å². The Bertz CT molecular complexity index is 929. The third-order valence-corrected chi connectivity index (χ3v) is 5.68. The zero-order valence-electron chi connectivity index (χ0n) is 21.4. The Morgan fingerprint density at radius 2 is 1.46 bits per heavy atom. The highest BCUT2D eigenvalue weighted by Crippen LogP contribution is 2.12. The number of ketones is 1. The number of benzene rings is 1. The van der Waals surface area contributed by atoms with Crippen LogP contribution in [-0.4, -0.2) is 59.3 Å². The van der Waals surface area contributed by atoms with E-state index in [9.17, 15) is 32.8 Å². The second-order valence-corrected chi connectivity index (χ2v) is 9.22. The fourth-order valence-corrected chi connectivity index (χ4v) is 3.47. The molecule has 4 atom stereocenters. The maximum atomic E-state index is 13.1. The van der Waals surface area contributed by atoms with Crippen molar-refractivity contribution >= 4 is 29.6 Å². The zero-order valence-corrected chi connectivity index (χ0v) is 21.4. The summed E-state index contributed by atoms with van der Waals surface area (Å²) >= 11 is 0. The van der Waals surface area contributed by atoms with E-state index in [1.807, 2.05) is 42.6 Å². The lowest BCUT2D eigenvalue weighted by Crippen LogP contribution is -2.58. The topological polar surface area (TPSA) is 154 Å². The number of carboxylic acid groups (broad SMARTS) is 1. The molecule has 5 N–H and O–H groups in total. The summed E-state index contributed by atoms with van der Waals surface area (Å²) in [6.07, 6.45) is -3.63. The minimum atomic E-state index is -3.04. The van der Waals surface area contributed by atoms with Gasteiger partial charge in [0, 0.05) is 13.0 Å². The molecule has 0 aliphatic carbocycles. The zero-order chi connectivity index (χ0) is 28.1. The van der Waals surface area contributed by atoms with Gasteiger partial charge in [0.2, 0.25) is 18.2 Å². The molecule has 12 heteroatoms. The Labute approximate surface area is 214 Å². The number of Topliss-reactive ketones (excluding diaryl/α,β-unsaturated/α-hetero) is 1. The molecule has 0 aliphatic heterocycles. The molecule has 1 unspecified atom stereocenters. The quantitative estimate of drug-likeness (QED) is 0.221. The SMILES string of the molecule is CCC(C)[C@H](NC(=O)NCc1ccccc1)C(=O)N[C@@H](CC(C)C)C(=O)N[C@@H](CC(F)F)C(=O)C(=O)O. The molecular formula is C25H36F2N4O6. The van der Waals surface area contributed by atoms with Crippen LogP contribution >= 0.6 is 0 Å². The lowest BCUT2D eigenvalue weighted by molar-refractivity contribution is -0.151. The van der Waals surface area contributed by atoms with Gasteiger partial charge < -0.3 is 26.4 Å². The highest BCUT2D eigenvalue weighted by atomic mass is 19.3. The van der Waals surface area contributed by atoms with Gasteiger partial charge in [0.25, 0.3) is 5.78 Å². The van der Waals surface area contributed by atoms with E-state index in [-0.39, 0.29) is 24.8 Å². The molecular weight excluding hydrogens is 490 g/mol. The Morgan fingerprint density at radius 1 is 0.865 bits per heavy atom. The van der Waals surface area contributed by atoms with Crippen molar-refractivity contribution < 1.29 is 37.9 Å². The number of hydrogen-bond acceptors (Lipinski definition) is 5. The summed E-state index contributed by atoms with van der Waals surface area (Å²) in [6, 6.07) is 4.29. The maximum Gasteiger partial charge on any atom is 0.374 e. The summed E-state index contributed by atoms with van der Waals surface area (Å²) in [6.45, 7) is 7.30. The van der Waals surface area contributed by atoms with E-state index in [4.69, 9.17) is 5.11 Å². The van der Waals surface area contributed by atoms with Crippen molar-refractivity contribution in [3.8, 4) is 0 Å². The number of amides is 4. The molecule has 0 heterocycles. The molecule has 0 aromatic heterocycles. The van der Waals surface area contributed by atoms with E-state index in [1.54, 1.807) is 20.8 Å². The van der Waals surface area contributed by atoms with Crippen molar-refractivity contribution in [1.82, 2.24) is 21.3 Å². The van der Waals surface area contributed by atoms with E-state index in [0.29, 0.717) is 6.42 Å². The van der Waals surface area contributed by atoms with Gasteiger partial charge in [0.15, 0.2) is 0 Å². The van der Waals surface area contributed by atoms with Crippen LogP contribution in [0.1, 0.15) is 52.5 Å². The summed E-state index contributed by atoms with van der Waals surface area (Å²) in [7, 11) is 0. The van der Waals surface area contributed by atoms with Gasteiger partial charge in [-0.3, -0.25) is 14.4 Å². The van der Waals surface area contributed by atoms with Gasteiger partial charge in [-0.15, -0.1) is 0 Å². The number of aliphatic carboxylic acids is 1. The van der Waals surface area contributed by atoms with E-state index in [1.165, 1.54) is 0 Å². The van der Waals surface area contributed by atoms with Crippen LogP contribution in [-0.2, 0) is 25.7 Å². The first-order valence-electron chi connectivity index (χ1n) is 12.1. The number of hydrogen-bond donors (Lipinski definition) is 5. The van der Waals surface area contributed by atoms with Crippen molar-refractivity contribution in [2.24, 2.45) is 11.8 Å². The van der Waals surface area contributed by atoms with Crippen LogP contribution < -0.4 is 21.3 Å². The largest absolute Gasteiger partial charge is 0.475 e. The van der Waals surface area contributed by atoms with Crippen LogP contribution in [0, 0.1) is 11.8 Å². The van der Waals surface area contributed by atoms with Crippen LogP contribution in [0.4, 0.5) is 13.6 Å². The third-order valence-electron chi connectivity index (χ3n) is 5.68. The Morgan fingerprint density at radius 3 is 1.97 bits per heavy atom. The monoisotopic (exact) mass is 526 g/mol. The molecule has 4 amide bonds. The second-order valence-electron chi connectivity index (χ2n) is 9.22. The molecule has 0 saturated carbocycles. The number of urea groups is 1. The number of carboxylic acids is 1. The Hall–Kier alpha value is -3.57. The fraction of sp³-hybridized carbons (Fsp3) is 0.560. The molecule has 1 aromatic carbocycles. The first-order valence-corrected chi connectivity index (χ1v) is 12.1. The van der Waals surface area contributed by atoms with Gasteiger partial charge in [-0.2, -0.15) is 0 Å². The molecule has 10 nitrogen and oxygen atoms in total. The van der Waals surface area contributed by atoms with Crippen molar-refractivity contribution in [2.45, 2.75) is 78.1 Å². The van der Waals surface area contributed by atoms with E-state index in [2.05, 4.69) is 16.0 Å². The van der Waals surface area contributed by atoms with Crippen LogP contribution in [0.15, 0.2) is 30.3 Å². The number of alkyl halides is 2. The van der Waals surface area contributed by atoms with Crippen LogP contribution in [0.3, 0.4) is 0 Å². The average Bonchev–Trinajstić information content (AvgIpc) is 2.84. The van der Waals surface area contributed by atoms with Crippen LogP contribution in [0.5, 0.6) is 0 Å². The molecule has 0 aliphatic rings. The molecule has 0 radical (unpaired) electrons. The first-order chi connectivity index (χ1) is 17.3. The van der Waals surface area contributed by atoms with E-state index < -0.39 is 60.6 Å². The smallest absolute Gasteiger partial charge is 0.374 e. The summed E-state index contributed by atoms with van der Waals surface area (Å²) in [5.41, 5.74) is 0.852. The van der Waals surface area contributed by atoms with Gasteiger partial charge in [0.1, 0.15) is 18.1 Å². The minimum Gasteiger partial charge on any atom is -0.475 e. The van der Waals surface area contributed by atoms with Gasteiger partial charge in [-0.05, 0) is 23.8 Å². The van der Waals surface area contributed by atoms with Crippen molar-refractivity contribution in [1.29, 1.82) is 0 Å². The molecule has 0 fully saturated rings. The summed E-state index contributed by atoms with van der Waals surface area (Å²) in [5, 5.41) is 18.8. The number of nitrogens with one attached hydrogen (secondary N) is 4. The fourth-order valence-electron chi connectivity index (χ4n) is 3.47. The summed E-state index contributed by atoms with van der Waals surface area (Å²) in [4.78, 5) is 61.3. The van der Waals surface area contributed by atoms with Crippen molar-refractivity contribution in [2.75, 3.05) is 0 Å². The van der Waals surface area contributed by atoms with Gasteiger partial charge in [0.05, 0.1) is 0 Å². The molecule has 1 aromatic rings. The minimum absolute atomic E-state index is 0.0770. The second kappa shape index (κ2) is 15.5. The molecule has 0 bridgehead atoms. The normalized spacial score (nSPS) is 14.3. The average molecular weight is 527 g/mol. The van der Waals surface area contributed by atoms with E-state index in [0.717, 1.165) is 5.56 Å². The Kier molecular flexibility index (Phi) is 13.2. The third kappa shape index (κ3) is 11.4. The number of rotatable bonds is 15. The van der Waals surface area contributed by atoms with Crippen molar-refractivity contribution in [3.05, 3.63) is 35.9 Å². The highest BCUT2D eigenvalue weighted by molar-refractivity contribution is 6.35. The summed E-state index contributed by atoms with van der Waals surface area (Å²) < 4.78 is 25.8. The van der Waals surface area contributed by atoms with Gasteiger partial charge in [-0.1, -0.05) is 64.4 Å². The number of carbonyl (C=O) groups excluding carboxylic acids is 4. The van der Waals surface area contributed by atoms with Gasteiger partial charge >= 0.3 is 12.0 Å². The predicted octanol–water partition coefficient (Wildman–Crippen LogP) is 2.23. The maximum absolute atomic E-state index is 13.1. The number of carbonyl (C=O) groups is 5. The Balaban J connectivity index is 2.98. The standard InChI is InChI=1S/C25H36F2N4O6/c1-5-15(4)20(31-25(37)28-13-16-9-7-6-8-10-16)23(34)30-18(11-14(2)3)22(33)29-17(12-19(26)27)21(32)24(35)36/h6-10,14-15,17-20H,5,11-13H2,1-4H3,(H,29,33)(H,30,34)(H,35,36)(H2,28,31,37)/t15?,17-,18-,20-/m0/s1. The summed E-state index contributed by atoms with van der Waals surface area (Å²) in [5.74, 6) is -5.66. The molecule has 206 valence electrons. The molecule has 0 saturated heterocycles. The van der Waals surface area contributed by atoms with E-state index >= 15 is 0 Å². The predicted molar refractivity (Wildman–Crippen MR) is 132 cm³/mol. The lowest BCUT2D eigenvalue weighted by atomic mass is 9.96. The molecule has 37 heavy (non-hydrogen) atoms. The lowest BCUT2D eigenvalue weighted by Gasteiger charge is -2.28. The molecule has 1 rings (SSSR count). The van der Waals surface area contributed by atoms with Crippen LogP contribution in [0.25, 0.3) is 0 Å². The van der Waals surface area contributed by atoms with Gasteiger partial charge in [-0.25, -0.2) is 18.4 Å².